The van der Waals surface area contributed by atoms with Gasteiger partial charge in [0.05, 0.1) is 39.5 Å². The molecule has 396 valence electrons. The summed E-state index contributed by atoms with van der Waals surface area (Å²) >= 11 is 0. The molecule has 2 aliphatic carbocycles. The van der Waals surface area contributed by atoms with Gasteiger partial charge in [-0.25, -0.2) is 4.98 Å². The number of para-hydroxylation sites is 3. The lowest BCUT2D eigenvalue weighted by Crippen LogP contribution is -2.23. The first-order chi connectivity index (χ1) is 41.2. The van der Waals surface area contributed by atoms with E-state index in [9.17, 15) is 0 Å². The second-order valence-electron chi connectivity index (χ2n) is 24.0. The molecular weight excluding hydrogens is 1020 g/mol. The van der Waals surface area contributed by atoms with Gasteiger partial charge in [0.25, 0.3) is 0 Å². The Labute approximate surface area is 483 Å². The van der Waals surface area contributed by atoms with E-state index < -0.39 is 0 Å². The number of rotatable bonds is 3. The number of nitrogens with zero attached hydrogens (tertiary/aromatic N) is 5. The van der Waals surface area contributed by atoms with E-state index in [1.54, 1.807) is 0 Å². The molecule has 6 nitrogen and oxygen atoms in total. The third-order valence-electron chi connectivity index (χ3n) is 19.0. The van der Waals surface area contributed by atoms with Crippen LogP contribution in [0, 0.1) is 0 Å². The van der Waals surface area contributed by atoms with Gasteiger partial charge in [-0.15, -0.1) is 0 Å². The summed E-state index contributed by atoms with van der Waals surface area (Å²) in [7, 11) is 0. The summed E-state index contributed by atoms with van der Waals surface area (Å²) in [6, 6.07) is 83.9. The fourth-order valence-corrected chi connectivity index (χ4v) is 15.2. The van der Waals surface area contributed by atoms with Crippen molar-refractivity contribution in [3.8, 4) is 39.3 Å². The maximum Gasteiger partial charge on any atom is 0.145 e. The highest BCUT2D eigenvalue weighted by atomic mass is 16.3. The largest absolute Gasteiger partial charge is 0.456 e. The molecule has 0 unspecified atom stereocenters. The summed E-state index contributed by atoms with van der Waals surface area (Å²) < 4.78 is 13.5. The molecule has 0 bridgehead atoms. The third-order valence-corrected chi connectivity index (χ3v) is 19.0. The van der Waals surface area contributed by atoms with Crippen molar-refractivity contribution in [2.75, 3.05) is 0 Å². The van der Waals surface area contributed by atoms with E-state index in [1.165, 1.54) is 121 Å². The Morgan fingerprint density at radius 2 is 0.869 bits per heavy atom. The van der Waals surface area contributed by atoms with E-state index in [2.05, 4.69) is 259 Å². The van der Waals surface area contributed by atoms with E-state index in [0.29, 0.717) is 0 Å². The quantitative estimate of drug-likeness (QED) is 0.177. The van der Waals surface area contributed by atoms with Crippen LogP contribution >= 0.6 is 0 Å². The fraction of sp³-hybridized carbons (Fsp3) is 0.0769. The van der Waals surface area contributed by atoms with Crippen molar-refractivity contribution < 1.29 is 4.42 Å². The van der Waals surface area contributed by atoms with Gasteiger partial charge in [-0.05, 0) is 140 Å². The summed E-state index contributed by atoms with van der Waals surface area (Å²) in [6.45, 7) is 9.42. The van der Waals surface area contributed by atoms with Gasteiger partial charge < -0.3 is 13.6 Å². The molecule has 0 aliphatic heterocycles. The first kappa shape index (κ1) is 47.1. The number of pyridine rings is 2. The van der Waals surface area contributed by atoms with Crippen molar-refractivity contribution in [2.45, 2.75) is 38.5 Å². The number of aromatic nitrogens is 5. The lowest BCUT2D eigenvalue weighted by Gasteiger charge is -2.35. The van der Waals surface area contributed by atoms with Crippen molar-refractivity contribution in [2.24, 2.45) is 0 Å². The first-order valence-corrected chi connectivity index (χ1v) is 29.1. The summed E-state index contributed by atoms with van der Waals surface area (Å²) in [5.41, 5.74) is 22.7. The van der Waals surface area contributed by atoms with Crippen LogP contribution in [0.3, 0.4) is 0 Å². The third kappa shape index (κ3) is 6.29. The average Bonchev–Trinajstić information content (AvgIpc) is 1.45. The summed E-state index contributed by atoms with van der Waals surface area (Å²) in [4.78, 5) is 9.56. The van der Waals surface area contributed by atoms with Crippen LogP contribution in [0.4, 0.5) is 0 Å². The fourth-order valence-electron chi connectivity index (χ4n) is 15.2. The molecule has 0 N–H and O–H groups in total. The number of furan rings is 1. The number of fused-ring (bicyclic) bond motifs is 18. The smallest absolute Gasteiger partial charge is 0.145 e. The zero-order valence-electron chi connectivity index (χ0n) is 46.8. The Balaban J connectivity index is 0.000000129. The molecule has 0 radical (unpaired) electrons. The topological polar surface area (TPSA) is 53.7 Å². The lowest BCUT2D eigenvalue weighted by atomic mass is 9.68. The Morgan fingerprint density at radius 1 is 0.321 bits per heavy atom. The molecule has 0 fully saturated rings. The van der Waals surface area contributed by atoms with Gasteiger partial charge in [0, 0.05) is 94.5 Å². The summed E-state index contributed by atoms with van der Waals surface area (Å²) in [6.07, 6.45) is 5.84. The zero-order valence-corrected chi connectivity index (χ0v) is 46.8. The van der Waals surface area contributed by atoms with Crippen LogP contribution in [0.15, 0.2) is 254 Å². The van der Waals surface area contributed by atoms with Crippen molar-refractivity contribution in [3.05, 3.63) is 271 Å². The highest BCUT2D eigenvalue weighted by Gasteiger charge is 2.36. The predicted molar refractivity (Wildman–Crippen MR) is 349 cm³/mol. The Kier molecular flexibility index (Phi) is 9.54. The van der Waals surface area contributed by atoms with Gasteiger partial charge in [0.2, 0.25) is 0 Å². The summed E-state index contributed by atoms with van der Waals surface area (Å²) in [5, 5.41) is 14.8. The molecule has 0 amide bonds. The van der Waals surface area contributed by atoms with Crippen LogP contribution in [0.2, 0.25) is 0 Å². The molecular formula is C78H53N5O. The van der Waals surface area contributed by atoms with Gasteiger partial charge in [-0.3, -0.25) is 9.55 Å². The Bertz CT molecular complexity index is 5690. The molecule has 11 aromatic carbocycles. The normalized spacial score (nSPS) is 13.9. The van der Waals surface area contributed by atoms with Crippen LogP contribution < -0.4 is 0 Å². The first-order valence-electron chi connectivity index (χ1n) is 29.1. The maximum atomic E-state index is 6.30. The van der Waals surface area contributed by atoms with Crippen LogP contribution in [-0.4, -0.2) is 23.7 Å². The molecule has 0 spiro atoms. The Morgan fingerprint density at radius 3 is 1.61 bits per heavy atom. The minimum absolute atomic E-state index is 0.0982. The minimum atomic E-state index is -0.104. The lowest BCUT2D eigenvalue weighted by molar-refractivity contribution is 0.645. The zero-order chi connectivity index (χ0) is 55.7. The average molecular weight is 1080 g/mol. The van der Waals surface area contributed by atoms with E-state index in [1.807, 2.05) is 36.8 Å². The molecule has 2 aliphatic rings. The van der Waals surface area contributed by atoms with E-state index in [0.717, 1.165) is 49.9 Å². The molecule has 84 heavy (non-hydrogen) atoms. The van der Waals surface area contributed by atoms with Gasteiger partial charge in [0.15, 0.2) is 0 Å². The SMILES string of the molecule is CC1(C)c2ccccc2-c2cc3c4cccnc4n(-c4ccc5c(c4)oc4ccccc45)c3c3cccc1c23.CC1(C)c2ccccc2-c2cc3c4ccncc4n(-c4ccc5c(c4)c4ccccc4n5-c4ccccc4)c3c3cccc1c23. The highest BCUT2D eigenvalue weighted by Crippen LogP contribution is 2.54. The molecule has 0 atom stereocenters. The summed E-state index contributed by atoms with van der Waals surface area (Å²) in [5.74, 6) is 0. The van der Waals surface area contributed by atoms with Crippen LogP contribution in [0.25, 0.3) is 148 Å². The standard InChI is InChI=1S/C42H29N3.C36H24N2O/c1-42(2)35-16-8-6-13-28(35)33-24-34-30-21-22-43-25-39(30)45(41(34)31-15-10-17-36(42)40(31)33)27-19-20-38-32(23-27)29-14-7-9-18-37(29)44(38)26-11-4-3-5-12-26;1-36(2)29-13-5-3-9-22(29)27-20-28-25-12-8-18-37-35(25)38(34(28)26-11-7-14-30(36)33(26)27)21-16-17-24-23-10-4-6-15-31(23)39-32(24)19-21/h3-25H,1-2H3;3-20H,1-2H3. The number of benzene rings is 11. The van der Waals surface area contributed by atoms with Gasteiger partial charge in [-0.2, -0.15) is 0 Å². The number of hydrogen-bond donors (Lipinski definition) is 0. The predicted octanol–water partition coefficient (Wildman–Crippen LogP) is 20.3. The van der Waals surface area contributed by atoms with Crippen LogP contribution in [-0.2, 0) is 10.8 Å². The van der Waals surface area contributed by atoms with E-state index in [-0.39, 0.29) is 10.8 Å². The molecule has 6 heteroatoms. The van der Waals surface area contributed by atoms with Crippen LogP contribution in [0.1, 0.15) is 49.9 Å². The van der Waals surface area contributed by atoms with Gasteiger partial charge in [-0.1, -0.05) is 167 Å². The second-order valence-corrected chi connectivity index (χ2v) is 24.0. The van der Waals surface area contributed by atoms with Crippen LogP contribution in [0.5, 0.6) is 0 Å². The maximum absolute atomic E-state index is 6.30. The van der Waals surface area contributed by atoms with E-state index in [4.69, 9.17) is 9.40 Å². The van der Waals surface area contributed by atoms with Gasteiger partial charge in [0.1, 0.15) is 16.8 Å². The molecule has 17 aromatic rings. The minimum Gasteiger partial charge on any atom is -0.456 e. The van der Waals surface area contributed by atoms with Crippen molar-refractivity contribution >= 4 is 109 Å². The van der Waals surface area contributed by atoms with Crippen molar-refractivity contribution in [1.29, 1.82) is 0 Å². The monoisotopic (exact) mass is 1080 g/mol. The number of hydrogen-bond acceptors (Lipinski definition) is 3. The second kappa shape index (κ2) is 17.0. The van der Waals surface area contributed by atoms with Crippen molar-refractivity contribution in [1.82, 2.24) is 23.7 Å². The molecule has 0 saturated carbocycles. The van der Waals surface area contributed by atoms with E-state index >= 15 is 0 Å². The molecule has 19 rings (SSSR count). The molecule has 0 saturated heterocycles. The Hall–Kier alpha value is -10.6. The molecule has 6 aromatic heterocycles. The molecule has 6 heterocycles. The van der Waals surface area contributed by atoms with Crippen molar-refractivity contribution in [3.63, 3.8) is 0 Å². The van der Waals surface area contributed by atoms with Gasteiger partial charge >= 0.3 is 0 Å². The highest BCUT2D eigenvalue weighted by molar-refractivity contribution is 6.25.